The quantitative estimate of drug-likeness (QED) is 0.354. The molecule has 0 aromatic rings. The lowest BCUT2D eigenvalue weighted by Crippen LogP contribution is -2.36. The largest absolute Gasteiger partial charge is 0.343 e. The molecule has 0 fully saturated rings. The molecule has 0 aromatic carbocycles. The molecule has 0 spiro atoms. The highest BCUT2D eigenvalue weighted by Crippen LogP contribution is 1.82. The Kier molecular flexibility index (Phi) is 11.0. The highest BCUT2D eigenvalue weighted by molar-refractivity contribution is 5.85. The van der Waals surface area contributed by atoms with E-state index in [1.54, 1.807) is 0 Å². The van der Waals surface area contributed by atoms with Gasteiger partial charge in [-0.05, 0) is 0 Å². The van der Waals surface area contributed by atoms with Crippen molar-refractivity contribution in [1.29, 1.82) is 0 Å². The van der Waals surface area contributed by atoms with Crippen LogP contribution in [0.4, 0.5) is 0 Å². The summed E-state index contributed by atoms with van der Waals surface area (Å²) < 4.78 is 0. The zero-order chi connectivity index (χ0) is 5.21. The fourth-order valence-electron chi connectivity index (χ4n) is 0. The Labute approximate surface area is 59.1 Å². The third-order valence-corrected chi connectivity index (χ3v) is 0.274. The second-order valence-corrected chi connectivity index (χ2v) is 0.978. The summed E-state index contributed by atoms with van der Waals surface area (Å²) in [4.78, 5) is 0. The van der Waals surface area contributed by atoms with E-state index in [2.05, 4.69) is 5.73 Å². The van der Waals surface area contributed by atoms with E-state index in [1.807, 2.05) is 0 Å². The second kappa shape index (κ2) is 5.55. The van der Waals surface area contributed by atoms with Crippen LogP contribution in [0.3, 0.4) is 0 Å². The molecule has 0 unspecified atom stereocenters. The van der Waals surface area contributed by atoms with Gasteiger partial charge in [0, 0.05) is 0 Å². The van der Waals surface area contributed by atoms with E-state index in [-0.39, 0.29) is 24.8 Å². The molecule has 0 saturated heterocycles. The minimum atomic E-state index is -2.68. The van der Waals surface area contributed by atoms with Crippen LogP contribution >= 0.6 is 24.8 Å². The average Bonchev–Trinajstić information content (AvgIpc) is 1.35. The van der Waals surface area contributed by atoms with Crippen molar-refractivity contribution in [3.8, 4) is 0 Å². The predicted octanol–water partition coefficient (Wildman–Crippen LogP) is -1.58. The zero-order valence-corrected chi connectivity index (χ0v) is 5.58. The molecule has 0 heterocycles. The summed E-state index contributed by atoms with van der Waals surface area (Å²) in [5.41, 5.74) is 4.56. The van der Waals surface area contributed by atoms with E-state index in [4.69, 9.17) is 15.3 Å². The van der Waals surface area contributed by atoms with Crippen LogP contribution in [0.5, 0.6) is 0 Å². The minimum Gasteiger partial charge on any atom is -0.343 e. The van der Waals surface area contributed by atoms with E-state index in [0.717, 1.165) is 0 Å². The Hall–Kier alpha value is 0.420. The summed E-state index contributed by atoms with van der Waals surface area (Å²) in [5.74, 6) is -2.68. The number of aliphatic hydroxyl groups is 3. The first-order valence-corrected chi connectivity index (χ1v) is 1.43. The monoisotopic (exact) mass is 165 g/mol. The molecule has 0 amide bonds. The van der Waals surface area contributed by atoms with E-state index >= 15 is 0 Å². The molecule has 6 heteroatoms. The van der Waals surface area contributed by atoms with Crippen LogP contribution in [-0.2, 0) is 0 Å². The van der Waals surface area contributed by atoms with Crippen molar-refractivity contribution in [2.24, 2.45) is 5.73 Å². The molecule has 0 radical (unpaired) electrons. The molecular formula is C2H9Cl2NO3. The summed E-state index contributed by atoms with van der Waals surface area (Å²) in [6.07, 6.45) is 0. The molecule has 54 valence electrons. The first kappa shape index (κ1) is 15.8. The zero-order valence-electron chi connectivity index (χ0n) is 3.94. The summed E-state index contributed by atoms with van der Waals surface area (Å²) in [6.45, 7) is -0.562. The van der Waals surface area contributed by atoms with Crippen molar-refractivity contribution in [1.82, 2.24) is 0 Å². The average molecular weight is 166 g/mol. The van der Waals surface area contributed by atoms with Crippen molar-refractivity contribution in [3.05, 3.63) is 0 Å². The van der Waals surface area contributed by atoms with Gasteiger partial charge in [0.1, 0.15) is 0 Å². The van der Waals surface area contributed by atoms with Gasteiger partial charge in [-0.1, -0.05) is 0 Å². The van der Waals surface area contributed by atoms with Crippen molar-refractivity contribution >= 4 is 24.8 Å². The smallest absolute Gasteiger partial charge is 0.288 e. The summed E-state index contributed by atoms with van der Waals surface area (Å²) in [5, 5.41) is 23.4. The third kappa shape index (κ3) is 16.1. The van der Waals surface area contributed by atoms with Crippen molar-refractivity contribution < 1.29 is 15.3 Å². The van der Waals surface area contributed by atoms with E-state index in [0.29, 0.717) is 0 Å². The van der Waals surface area contributed by atoms with Gasteiger partial charge in [-0.25, -0.2) is 0 Å². The fourth-order valence-corrected chi connectivity index (χ4v) is 0. The van der Waals surface area contributed by atoms with Gasteiger partial charge in [0.15, 0.2) is 0 Å². The molecule has 5 N–H and O–H groups in total. The first-order chi connectivity index (χ1) is 2.56. The second-order valence-electron chi connectivity index (χ2n) is 0.978. The molecule has 0 rings (SSSR count). The van der Waals surface area contributed by atoms with Gasteiger partial charge < -0.3 is 21.1 Å². The number of hydrogen-bond donors (Lipinski definition) is 4. The van der Waals surface area contributed by atoms with Crippen molar-refractivity contribution in [2.75, 3.05) is 6.54 Å². The Bertz CT molecular complexity index is 45.0. The van der Waals surface area contributed by atoms with Crippen LogP contribution in [-0.4, -0.2) is 27.8 Å². The van der Waals surface area contributed by atoms with Gasteiger partial charge in [-0.3, -0.25) is 0 Å². The molecular weight excluding hydrogens is 157 g/mol. The third-order valence-electron chi connectivity index (χ3n) is 0.274. The van der Waals surface area contributed by atoms with Crippen LogP contribution in [0.25, 0.3) is 0 Å². The molecule has 0 aromatic heterocycles. The highest BCUT2D eigenvalue weighted by Gasteiger charge is 2.12. The minimum absolute atomic E-state index is 0. The SMILES string of the molecule is Cl.Cl.NCC(O)(O)O. The Morgan fingerprint density at radius 1 is 1.12 bits per heavy atom. The lowest BCUT2D eigenvalue weighted by Gasteiger charge is -2.07. The summed E-state index contributed by atoms with van der Waals surface area (Å²) >= 11 is 0. The summed E-state index contributed by atoms with van der Waals surface area (Å²) in [6, 6.07) is 0. The van der Waals surface area contributed by atoms with Crippen LogP contribution in [0.2, 0.25) is 0 Å². The standard InChI is InChI=1S/C2H7NO3.2ClH/c3-1-2(4,5)6;;/h4-6H,1,3H2;2*1H. The van der Waals surface area contributed by atoms with Crippen LogP contribution < -0.4 is 5.73 Å². The normalized spacial score (nSPS) is 9.00. The lowest BCUT2D eigenvalue weighted by molar-refractivity contribution is -0.302. The van der Waals surface area contributed by atoms with Crippen LogP contribution in [0.1, 0.15) is 0 Å². The van der Waals surface area contributed by atoms with Crippen molar-refractivity contribution in [3.63, 3.8) is 0 Å². The maximum Gasteiger partial charge on any atom is 0.288 e. The molecule has 0 aliphatic heterocycles. The Balaban J connectivity index is -0.000000125. The Morgan fingerprint density at radius 2 is 1.25 bits per heavy atom. The number of rotatable bonds is 1. The number of halogens is 2. The fraction of sp³-hybridized carbons (Fsp3) is 1.00. The highest BCUT2D eigenvalue weighted by atomic mass is 35.5. The van der Waals surface area contributed by atoms with E-state index in [9.17, 15) is 0 Å². The van der Waals surface area contributed by atoms with Crippen LogP contribution in [0.15, 0.2) is 0 Å². The molecule has 0 aliphatic rings. The maximum atomic E-state index is 7.81. The van der Waals surface area contributed by atoms with E-state index in [1.165, 1.54) is 0 Å². The molecule has 0 aliphatic carbocycles. The van der Waals surface area contributed by atoms with E-state index < -0.39 is 12.5 Å². The van der Waals surface area contributed by atoms with Crippen molar-refractivity contribution in [2.45, 2.75) is 5.97 Å². The van der Waals surface area contributed by atoms with Gasteiger partial charge in [-0.15, -0.1) is 24.8 Å². The maximum absolute atomic E-state index is 7.81. The lowest BCUT2D eigenvalue weighted by atomic mass is 10.6. The molecule has 0 saturated carbocycles. The molecule has 0 bridgehead atoms. The van der Waals surface area contributed by atoms with Crippen LogP contribution in [0, 0.1) is 0 Å². The predicted molar refractivity (Wildman–Crippen MR) is 32.9 cm³/mol. The van der Waals surface area contributed by atoms with Gasteiger partial charge in [0.25, 0.3) is 5.97 Å². The first-order valence-electron chi connectivity index (χ1n) is 1.43. The van der Waals surface area contributed by atoms with Gasteiger partial charge in [0.05, 0.1) is 6.54 Å². The molecule has 0 atom stereocenters. The number of hydrogen-bond acceptors (Lipinski definition) is 4. The molecule has 4 nitrogen and oxygen atoms in total. The molecule has 8 heavy (non-hydrogen) atoms. The topological polar surface area (TPSA) is 86.7 Å². The van der Waals surface area contributed by atoms with Gasteiger partial charge in [0.2, 0.25) is 0 Å². The van der Waals surface area contributed by atoms with Gasteiger partial charge >= 0.3 is 0 Å². The number of nitrogens with two attached hydrogens (primary N) is 1. The summed E-state index contributed by atoms with van der Waals surface area (Å²) in [7, 11) is 0. The van der Waals surface area contributed by atoms with Gasteiger partial charge in [-0.2, -0.15) is 0 Å². The Morgan fingerprint density at radius 3 is 1.25 bits per heavy atom.